The Morgan fingerprint density at radius 2 is 2.05 bits per heavy atom. The lowest BCUT2D eigenvalue weighted by Crippen LogP contribution is -2.37. The molecule has 1 N–H and O–H groups in total. The Morgan fingerprint density at radius 3 is 2.67 bits per heavy atom. The number of rotatable bonds is 6. The van der Waals surface area contributed by atoms with Gasteiger partial charge in [0.1, 0.15) is 0 Å². The van der Waals surface area contributed by atoms with Gasteiger partial charge in [-0.25, -0.2) is 4.98 Å². The molecule has 1 aromatic heterocycles. The van der Waals surface area contributed by atoms with Crippen LogP contribution in [0.25, 0.3) is 0 Å². The van der Waals surface area contributed by atoms with E-state index in [1.807, 2.05) is 11.3 Å². The third-order valence-electron chi connectivity index (χ3n) is 4.15. The molecule has 0 radical (unpaired) electrons. The average molecular weight is 310 g/mol. The maximum atomic E-state index is 4.99. The Morgan fingerprint density at radius 1 is 1.29 bits per heavy atom. The van der Waals surface area contributed by atoms with E-state index >= 15 is 0 Å². The molecule has 0 bridgehead atoms. The first kappa shape index (κ1) is 16.8. The summed E-state index contributed by atoms with van der Waals surface area (Å²) in [6, 6.07) is 0.640. The molecular formula is C17H31N3S. The number of nitrogens with one attached hydrogen (secondary N) is 1. The molecule has 1 saturated heterocycles. The van der Waals surface area contributed by atoms with Crippen molar-refractivity contribution in [2.45, 2.75) is 72.4 Å². The summed E-state index contributed by atoms with van der Waals surface area (Å²) in [4.78, 5) is 8.93. The molecule has 21 heavy (non-hydrogen) atoms. The van der Waals surface area contributed by atoms with E-state index < -0.39 is 0 Å². The maximum absolute atomic E-state index is 4.99. The Labute approximate surface area is 134 Å². The standard InChI is InChI=1S/C17H31N3S/c1-12(2)10-18-11-15-16(13(3)4)19-17(21-15)20-9-7-6-8-14(20)5/h12-14,18H,6-11H2,1-5H3. The number of hydrogen-bond donors (Lipinski definition) is 1. The minimum Gasteiger partial charge on any atom is -0.345 e. The van der Waals surface area contributed by atoms with Gasteiger partial charge in [-0.2, -0.15) is 0 Å². The van der Waals surface area contributed by atoms with Crippen LogP contribution >= 0.6 is 11.3 Å². The molecule has 4 heteroatoms. The predicted octanol–water partition coefficient (Wildman–Crippen LogP) is 4.39. The summed E-state index contributed by atoms with van der Waals surface area (Å²) in [6.07, 6.45) is 3.97. The molecule has 0 aliphatic carbocycles. The van der Waals surface area contributed by atoms with Gasteiger partial charge in [-0.15, -0.1) is 11.3 Å². The highest BCUT2D eigenvalue weighted by Crippen LogP contribution is 2.33. The molecule has 0 spiro atoms. The van der Waals surface area contributed by atoms with Gasteiger partial charge in [0.2, 0.25) is 0 Å². The molecule has 3 nitrogen and oxygen atoms in total. The highest BCUT2D eigenvalue weighted by molar-refractivity contribution is 7.15. The van der Waals surface area contributed by atoms with Crippen LogP contribution in [0.15, 0.2) is 0 Å². The molecule has 1 aromatic rings. The number of thiazole rings is 1. The van der Waals surface area contributed by atoms with Crippen LogP contribution in [-0.4, -0.2) is 24.1 Å². The number of aromatic nitrogens is 1. The van der Waals surface area contributed by atoms with Crippen molar-refractivity contribution in [2.75, 3.05) is 18.0 Å². The Balaban J connectivity index is 2.12. The normalized spacial score (nSPS) is 19.8. The van der Waals surface area contributed by atoms with Crippen LogP contribution in [0.2, 0.25) is 0 Å². The van der Waals surface area contributed by atoms with Gasteiger partial charge in [0.05, 0.1) is 5.69 Å². The summed E-state index contributed by atoms with van der Waals surface area (Å²) in [6.45, 7) is 14.6. The van der Waals surface area contributed by atoms with Crippen molar-refractivity contribution in [1.82, 2.24) is 10.3 Å². The van der Waals surface area contributed by atoms with Crippen molar-refractivity contribution in [3.05, 3.63) is 10.6 Å². The fourth-order valence-electron chi connectivity index (χ4n) is 2.91. The van der Waals surface area contributed by atoms with E-state index in [-0.39, 0.29) is 0 Å². The van der Waals surface area contributed by atoms with Crippen LogP contribution in [-0.2, 0) is 6.54 Å². The second kappa shape index (κ2) is 7.59. The fourth-order valence-corrected chi connectivity index (χ4v) is 4.22. The molecule has 0 aromatic carbocycles. The smallest absolute Gasteiger partial charge is 0.186 e. The molecular weight excluding hydrogens is 278 g/mol. The lowest BCUT2D eigenvalue weighted by Gasteiger charge is -2.33. The quantitative estimate of drug-likeness (QED) is 0.844. The van der Waals surface area contributed by atoms with Crippen LogP contribution in [0.1, 0.15) is 70.4 Å². The van der Waals surface area contributed by atoms with Crippen molar-refractivity contribution in [3.8, 4) is 0 Å². The maximum Gasteiger partial charge on any atom is 0.186 e. The molecule has 1 atom stereocenters. The van der Waals surface area contributed by atoms with Crippen molar-refractivity contribution in [1.29, 1.82) is 0 Å². The number of anilines is 1. The van der Waals surface area contributed by atoms with Gasteiger partial charge < -0.3 is 10.2 Å². The third kappa shape index (κ3) is 4.43. The highest BCUT2D eigenvalue weighted by atomic mass is 32.1. The first-order valence-electron chi connectivity index (χ1n) is 8.46. The number of hydrogen-bond acceptors (Lipinski definition) is 4. The van der Waals surface area contributed by atoms with Crippen molar-refractivity contribution < 1.29 is 0 Å². The molecule has 1 unspecified atom stereocenters. The fraction of sp³-hybridized carbons (Fsp3) is 0.824. The molecule has 0 saturated carbocycles. The van der Waals surface area contributed by atoms with Gasteiger partial charge in [-0.05, 0) is 44.6 Å². The first-order chi connectivity index (χ1) is 9.99. The number of nitrogens with zero attached hydrogens (tertiary/aromatic N) is 2. The van der Waals surface area contributed by atoms with Gasteiger partial charge in [0.15, 0.2) is 5.13 Å². The van der Waals surface area contributed by atoms with Crippen molar-refractivity contribution in [3.63, 3.8) is 0 Å². The second-order valence-corrected chi connectivity index (χ2v) is 8.08. The molecule has 120 valence electrons. The Hall–Kier alpha value is -0.610. The van der Waals surface area contributed by atoms with E-state index in [9.17, 15) is 0 Å². The summed E-state index contributed by atoms with van der Waals surface area (Å²) in [5.74, 6) is 1.20. The van der Waals surface area contributed by atoms with E-state index in [0.717, 1.165) is 13.1 Å². The minimum absolute atomic E-state index is 0.506. The second-order valence-electron chi connectivity index (χ2n) is 7.02. The number of piperidine rings is 1. The Kier molecular flexibility index (Phi) is 6.06. The topological polar surface area (TPSA) is 28.2 Å². The van der Waals surface area contributed by atoms with Crippen LogP contribution in [0.3, 0.4) is 0 Å². The SMILES string of the molecule is CC(C)CNCc1sc(N2CCCCC2C)nc1C(C)C. The molecule has 1 fully saturated rings. The summed E-state index contributed by atoms with van der Waals surface area (Å²) in [5.41, 5.74) is 1.30. The summed E-state index contributed by atoms with van der Waals surface area (Å²) < 4.78 is 0. The van der Waals surface area contributed by atoms with Gasteiger partial charge in [0, 0.05) is 24.0 Å². The Bertz CT molecular complexity index is 439. The first-order valence-corrected chi connectivity index (χ1v) is 9.27. The highest BCUT2D eigenvalue weighted by Gasteiger charge is 2.23. The average Bonchev–Trinajstić information content (AvgIpc) is 2.83. The van der Waals surface area contributed by atoms with Crippen LogP contribution in [0.4, 0.5) is 5.13 Å². The lowest BCUT2D eigenvalue weighted by molar-refractivity contribution is 0.483. The minimum atomic E-state index is 0.506. The molecule has 0 amide bonds. The van der Waals surface area contributed by atoms with Crippen LogP contribution < -0.4 is 10.2 Å². The lowest BCUT2D eigenvalue weighted by atomic mass is 10.0. The summed E-state index contributed by atoms with van der Waals surface area (Å²) in [5, 5.41) is 4.82. The van der Waals surface area contributed by atoms with Crippen molar-refractivity contribution in [2.24, 2.45) is 5.92 Å². The van der Waals surface area contributed by atoms with Crippen molar-refractivity contribution >= 4 is 16.5 Å². The predicted molar refractivity (Wildman–Crippen MR) is 93.4 cm³/mol. The summed E-state index contributed by atoms with van der Waals surface area (Å²) in [7, 11) is 0. The van der Waals surface area contributed by atoms with Crippen LogP contribution in [0, 0.1) is 5.92 Å². The van der Waals surface area contributed by atoms with E-state index in [0.29, 0.717) is 17.9 Å². The zero-order valence-corrected chi connectivity index (χ0v) is 15.1. The third-order valence-corrected chi connectivity index (χ3v) is 5.26. The van der Waals surface area contributed by atoms with E-state index in [1.165, 1.54) is 41.5 Å². The molecule has 2 rings (SSSR count). The zero-order valence-electron chi connectivity index (χ0n) is 14.3. The van der Waals surface area contributed by atoms with Gasteiger partial charge in [0.25, 0.3) is 0 Å². The van der Waals surface area contributed by atoms with Crippen LogP contribution in [0.5, 0.6) is 0 Å². The van der Waals surface area contributed by atoms with Gasteiger partial charge >= 0.3 is 0 Å². The molecule has 1 aliphatic heterocycles. The van der Waals surface area contributed by atoms with Gasteiger partial charge in [-0.3, -0.25) is 0 Å². The zero-order chi connectivity index (χ0) is 15.4. The summed E-state index contributed by atoms with van der Waals surface area (Å²) >= 11 is 1.90. The van der Waals surface area contributed by atoms with E-state index in [2.05, 4.69) is 44.8 Å². The van der Waals surface area contributed by atoms with Gasteiger partial charge in [-0.1, -0.05) is 27.7 Å². The molecule has 2 heterocycles. The monoisotopic (exact) mass is 309 g/mol. The largest absolute Gasteiger partial charge is 0.345 e. The van der Waals surface area contributed by atoms with E-state index in [1.54, 1.807) is 0 Å². The molecule has 1 aliphatic rings. The van der Waals surface area contributed by atoms with E-state index in [4.69, 9.17) is 4.98 Å².